The number of hydrogen-bond acceptors (Lipinski definition) is 2. The first-order valence-corrected chi connectivity index (χ1v) is 6.54. The molecule has 0 bridgehead atoms. The van der Waals surface area contributed by atoms with Crippen molar-refractivity contribution in [3.63, 3.8) is 0 Å². The Morgan fingerprint density at radius 2 is 2.16 bits per heavy atom. The lowest BCUT2D eigenvalue weighted by Crippen LogP contribution is -2.19. The normalized spacial score (nSPS) is 12.6. The number of halogens is 1. The van der Waals surface area contributed by atoms with Crippen LogP contribution in [0.5, 0.6) is 0 Å². The lowest BCUT2D eigenvalue weighted by Gasteiger charge is -2.13. The number of carboxylic acid groups (broad SMARTS) is 1. The molecule has 4 heteroatoms. The van der Waals surface area contributed by atoms with E-state index >= 15 is 0 Å². The molecule has 1 atom stereocenters. The second-order valence-corrected chi connectivity index (χ2v) is 5.13. The molecule has 1 rings (SSSR count). The Bertz CT molecular complexity index is 404. The first kappa shape index (κ1) is 15.6. The minimum atomic E-state index is -0.864. The van der Waals surface area contributed by atoms with Crippen molar-refractivity contribution in [3.05, 3.63) is 35.6 Å². The summed E-state index contributed by atoms with van der Waals surface area (Å²) in [6, 6.07) is 6.07. The Labute approximate surface area is 113 Å². The molecule has 0 fully saturated rings. The van der Waals surface area contributed by atoms with Crippen LogP contribution in [-0.2, 0) is 16.0 Å². The highest BCUT2D eigenvalue weighted by atomic mass is 19.1. The lowest BCUT2D eigenvalue weighted by atomic mass is 9.96. The summed E-state index contributed by atoms with van der Waals surface area (Å²) in [5, 5.41) is 9.16. The molecule has 0 aliphatic heterocycles. The predicted octanol–water partition coefficient (Wildman–Crippen LogP) is 3.13. The van der Waals surface area contributed by atoms with E-state index in [1.165, 1.54) is 12.1 Å². The van der Waals surface area contributed by atoms with Gasteiger partial charge in [-0.05, 0) is 36.5 Å². The maximum atomic E-state index is 13.0. The highest BCUT2D eigenvalue weighted by Gasteiger charge is 2.18. The van der Waals surface area contributed by atoms with Crippen LogP contribution in [0.4, 0.5) is 4.39 Å². The Hall–Kier alpha value is -1.42. The van der Waals surface area contributed by atoms with E-state index in [1.807, 2.05) is 13.8 Å². The molecule has 0 amide bonds. The van der Waals surface area contributed by atoms with Crippen LogP contribution in [0.15, 0.2) is 24.3 Å². The van der Waals surface area contributed by atoms with E-state index in [9.17, 15) is 9.18 Å². The van der Waals surface area contributed by atoms with Crippen LogP contribution >= 0.6 is 0 Å². The van der Waals surface area contributed by atoms with E-state index in [0.717, 1.165) is 0 Å². The molecule has 0 heterocycles. The van der Waals surface area contributed by atoms with Gasteiger partial charge in [0, 0.05) is 13.2 Å². The van der Waals surface area contributed by atoms with Crippen LogP contribution < -0.4 is 0 Å². The molecule has 0 spiro atoms. The molecule has 0 aromatic heterocycles. The van der Waals surface area contributed by atoms with Gasteiger partial charge < -0.3 is 9.84 Å². The molecule has 3 nitrogen and oxygen atoms in total. The van der Waals surface area contributed by atoms with Gasteiger partial charge in [-0.25, -0.2) is 4.39 Å². The highest BCUT2D eigenvalue weighted by Crippen LogP contribution is 2.14. The molecule has 1 aromatic rings. The van der Waals surface area contributed by atoms with Crippen molar-refractivity contribution in [1.82, 2.24) is 0 Å². The Morgan fingerprint density at radius 1 is 1.42 bits per heavy atom. The smallest absolute Gasteiger partial charge is 0.306 e. The molecular weight excluding hydrogens is 247 g/mol. The topological polar surface area (TPSA) is 46.5 Å². The van der Waals surface area contributed by atoms with Gasteiger partial charge in [0.2, 0.25) is 0 Å². The van der Waals surface area contributed by atoms with Crippen LogP contribution in [0.1, 0.15) is 25.8 Å². The van der Waals surface area contributed by atoms with Gasteiger partial charge >= 0.3 is 5.97 Å². The Balaban J connectivity index is 2.47. The maximum Gasteiger partial charge on any atom is 0.306 e. The average molecular weight is 268 g/mol. The summed E-state index contributed by atoms with van der Waals surface area (Å²) >= 11 is 0. The molecular formula is C15H21FO3. The van der Waals surface area contributed by atoms with Crippen molar-refractivity contribution < 1.29 is 19.0 Å². The summed E-state index contributed by atoms with van der Waals surface area (Å²) in [7, 11) is 0. The van der Waals surface area contributed by atoms with Crippen molar-refractivity contribution >= 4 is 5.97 Å². The molecule has 106 valence electrons. The molecule has 1 N–H and O–H groups in total. The molecule has 1 unspecified atom stereocenters. The van der Waals surface area contributed by atoms with Crippen molar-refractivity contribution in [1.29, 1.82) is 0 Å². The van der Waals surface area contributed by atoms with Crippen molar-refractivity contribution in [2.75, 3.05) is 13.2 Å². The van der Waals surface area contributed by atoms with Gasteiger partial charge in [0.25, 0.3) is 0 Å². The van der Waals surface area contributed by atoms with Crippen LogP contribution in [0, 0.1) is 17.7 Å². The standard InChI is InChI=1S/C15H21FO3/c1-11(2)10-19-7-6-13(15(17)18)8-12-4-3-5-14(16)9-12/h3-5,9,11,13H,6-8,10H2,1-2H3,(H,17,18). The largest absolute Gasteiger partial charge is 0.481 e. The molecule has 0 radical (unpaired) electrons. The Kier molecular flexibility index (Phi) is 6.50. The lowest BCUT2D eigenvalue weighted by molar-refractivity contribution is -0.142. The maximum absolute atomic E-state index is 13.0. The van der Waals surface area contributed by atoms with Gasteiger partial charge in [-0.3, -0.25) is 4.79 Å². The zero-order chi connectivity index (χ0) is 14.3. The fourth-order valence-electron chi connectivity index (χ4n) is 1.81. The minimum absolute atomic E-state index is 0.331. The first-order valence-electron chi connectivity index (χ1n) is 6.54. The molecule has 1 aromatic carbocycles. The average Bonchev–Trinajstić information content (AvgIpc) is 2.32. The van der Waals surface area contributed by atoms with Crippen LogP contribution in [0.3, 0.4) is 0 Å². The van der Waals surface area contributed by atoms with E-state index in [1.54, 1.807) is 12.1 Å². The van der Waals surface area contributed by atoms with Crippen LogP contribution in [0.2, 0.25) is 0 Å². The summed E-state index contributed by atoms with van der Waals surface area (Å²) in [4.78, 5) is 11.2. The van der Waals surface area contributed by atoms with Crippen LogP contribution in [-0.4, -0.2) is 24.3 Å². The highest BCUT2D eigenvalue weighted by molar-refractivity contribution is 5.70. The minimum Gasteiger partial charge on any atom is -0.481 e. The quantitative estimate of drug-likeness (QED) is 0.737. The second kappa shape index (κ2) is 7.89. The number of aliphatic carboxylic acids is 1. The summed E-state index contributed by atoms with van der Waals surface area (Å²) < 4.78 is 18.4. The van der Waals surface area contributed by atoms with Gasteiger partial charge in [-0.1, -0.05) is 26.0 Å². The number of hydrogen-bond donors (Lipinski definition) is 1. The first-order chi connectivity index (χ1) is 8.99. The van der Waals surface area contributed by atoms with E-state index in [0.29, 0.717) is 37.5 Å². The fourth-order valence-corrected chi connectivity index (χ4v) is 1.81. The van der Waals surface area contributed by atoms with Gasteiger partial charge in [-0.2, -0.15) is 0 Å². The number of ether oxygens (including phenoxy) is 1. The van der Waals surface area contributed by atoms with Gasteiger partial charge in [0.1, 0.15) is 5.82 Å². The number of benzene rings is 1. The number of rotatable bonds is 8. The van der Waals surface area contributed by atoms with Crippen LogP contribution in [0.25, 0.3) is 0 Å². The molecule has 0 aliphatic carbocycles. The molecule has 0 aliphatic rings. The van der Waals surface area contributed by atoms with Gasteiger partial charge in [0.05, 0.1) is 5.92 Å². The predicted molar refractivity (Wildman–Crippen MR) is 71.5 cm³/mol. The molecule has 0 saturated heterocycles. The summed E-state index contributed by atoms with van der Waals surface area (Å²) in [5.74, 6) is -1.30. The van der Waals surface area contributed by atoms with Gasteiger partial charge in [-0.15, -0.1) is 0 Å². The molecule has 0 saturated carbocycles. The van der Waals surface area contributed by atoms with E-state index < -0.39 is 11.9 Å². The third-order valence-electron chi connectivity index (χ3n) is 2.78. The second-order valence-electron chi connectivity index (χ2n) is 5.13. The number of carbonyl (C=O) groups is 1. The zero-order valence-corrected chi connectivity index (χ0v) is 11.4. The third kappa shape index (κ3) is 6.34. The monoisotopic (exact) mass is 268 g/mol. The van der Waals surface area contributed by atoms with Crippen molar-refractivity contribution in [3.8, 4) is 0 Å². The summed E-state index contributed by atoms with van der Waals surface area (Å²) in [5.41, 5.74) is 0.705. The zero-order valence-electron chi connectivity index (χ0n) is 11.4. The van der Waals surface area contributed by atoms with Gasteiger partial charge in [0.15, 0.2) is 0 Å². The van der Waals surface area contributed by atoms with Crippen molar-refractivity contribution in [2.45, 2.75) is 26.7 Å². The number of carboxylic acids is 1. The summed E-state index contributed by atoms with van der Waals surface area (Å²) in [6.07, 6.45) is 0.775. The fraction of sp³-hybridized carbons (Fsp3) is 0.533. The third-order valence-corrected chi connectivity index (χ3v) is 2.78. The SMILES string of the molecule is CC(C)COCCC(Cc1cccc(F)c1)C(=O)O. The van der Waals surface area contributed by atoms with E-state index in [-0.39, 0.29) is 5.82 Å². The van der Waals surface area contributed by atoms with E-state index in [2.05, 4.69) is 0 Å². The Morgan fingerprint density at radius 3 is 2.74 bits per heavy atom. The van der Waals surface area contributed by atoms with E-state index in [4.69, 9.17) is 9.84 Å². The molecule has 19 heavy (non-hydrogen) atoms. The summed E-state index contributed by atoms with van der Waals surface area (Å²) in [6.45, 7) is 5.14. The van der Waals surface area contributed by atoms with Crippen molar-refractivity contribution in [2.24, 2.45) is 11.8 Å².